The van der Waals surface area contributed by atoms with Crippen LogP contribution in [0.5, 0.6) is 0 Å². The summed E-state index contributed by atoms with van der Waals surface area (Å²) < 4.78 is 0. The monoisotopic (exact) mass is 186 g/mol. The summed E-state index contributed by atoms with van der Waals surface area (Å²) in [5.41, 5.74) is -0.553. The maximum atomic E-state index is 11.1. The molecule has 1 amide bonds. The van der Waals surface area contributed by atoms with Crippen molar-refractivity contribution in [2.45, 2.75) is 37.8 Å². The zero-order valence-corrected chi connectivity index (χ0v) is 8.26. The second kappa shape index (κ2) is 4.07. The second-order valence-electron chi connectivity index (χ2n) is 3.79. The average Bonchev–Trinajstić information content (AvgIpc) is 2.09. The molecule has 76 valence electrons. The van der Waals surface area contributed by atoms with Gasteiger partial charge in [-0.3, -0.25) is 4.79 Å². The molecule has 0 saturated heterocycles. The fourth-order valence-electron chi connectivity index (χ4n) is 1.41. The number of likely N-dealkylation sites (N-methyl/N-ethyl adjacent to an activating group) is 1. The van der Waals surface area contributed by atoms with Crippen molar-refractivity contribution in [2.75, 3.05) is 13.6 Å². The van der Waals surface area contributed by atoms with Crippen LogP contribution in [0.4, 0.5) is 0 Å². The third-order valence-corrected chi connectivity index (χ3v) is 2.66. The van der Waals surface area contributed by atoms with Gasteiger partial charge in [-0.2, -0.15) is 0 Å². The Hall–Kier alpha value is -0.610. The van der Waals surface area contributed by atoms with Crippen LogP contribution in [0.15, 0.2) is 0 Å². The van der Waals surface area contributed by atoms with E-state index in [1.807, 2.05) is 0 Å². The Morgan fingerprint density at radius 2 is 2.23 bits per heavy atom. The zero-order valence-electron chi connectivity index (χ0n) is 8.26. The molecule has 3 N–H and O–H groups in total. The van der Waals surface area contributed by atoms with Gasteiger partial charge in [-0.1, -0.05) is 0 Å². The molecular formula is C9H18N2O2. The maximum absolute atomic E-state index is 11.1. The Morgan fingerprint density at radius 1 is 1.62 bits per heavy atom. The summed E-state index contributed by atoms with van der Waals surface area (Å²) >= 11 is 0. The molecule has 1 unspecified atom stereocenters. The third kappa shape index (κ3) is 2.67. The molecule has 1 aliphatic rings. The van der Waals surface area contributed by atoms with Crippen LogP contribution in [0.2, 0.25) is 0 Å². The molecule has 1 saturated carbocycles. The number of hydrogen-bond acceptors (Lipinski definition) is 3. The van der Waals surface area contributed by atoms with E-state index in [-0.39, 0.29) is 11.9 Å². The number of hydrogen-bond donors (Lipinski definition) is 3. The fraction of sp³-hybridized carbons (Fsp3) is 0.889. The van der Waals surface area contributed by atoms with Crippen molar-refractivity contribution in [2.24, 2.45) is 0 Å². The summed E-state index contributed by atoms with van der Waals surface area (Å²) in [5.74, 6) is -0.0390. The molecule has 1 atom stereocenters. The number of amides is 1. The number of carbonyl (C=O) groups is 1. The molecule has 0 aliphatic heterocycles. The first-order chi connectivity index (χ1) is 6.07. The van der Waals surface area contributed by atoms with Crippen LogP contribution in [0.3, 0.4) is 0 Å². The van der Waals surface area contributed by atoms with E-state index < -0.39 is 5.60 Å². The molecule has 13 heavy (non-hydrogen) atoms. The summed E-state index contributed by atoms with van der Waals surface area (Å²) in [6.07, 6.45) is 2.79. The average molecular weight is 186 g/mol. The zero-order chi connectivity index (χ0) is 9.90. The second-order valence-corrected chi connectivity index (χ2v) is 3.79. The number of carbonyl (C=O) groups excluding carboxylic acids is 1. The van der Waals surface area contributed by atoms with Crippen molar-refractivity contribution in [3.05, 3.63) is 0 Å². The first-order valence-electron chi connectivity index (χ1n) is 4.75. The molecule has 0 bridgehead atoms. The van der Waals surface area contributed by atoms with Gasteiger partial charge in [0.1, 0.15) is 0 Å². The van der Waals surface area contributed by atoms with Crippen LogP contribution in [0, 0.1) is 0 Å². The summed E-state index contributed by atoms with van der Waals surface area (Å²) in [6, 6.07) is -0.227. The van der Waals surface area contributed by atoms with Crippen molar-refractivity contribution in [1.82, 2.24) is 10.6 Å². The molecule has 0 heterocycles. The Balaban J connectivity index is 2.21. The first-order valence-corrected chi connectivity index (χ1v) is 4.75. The van der Waals surface area contributed by atoms with Crippen LogP contribution in [0.25, 0.3) is 0 Å². The van der Waals surface area contributed by atoms with Gasteiger partial charge in [-0.15, -0.1) is 0 Å². The molecular weight excluding hydrogens is 168 g/mol. The third-order valence-electron chi connectivity index (χ3n) is 2.66. The first kappa shape index (κ1) is 10.5. The molecule has 0 spiro atoms. The van der Waals surface area contributed by atoms with Crippen molar-refractivity contribution >= 4 is 5.91 Å². The smallest absolute Gasteiger partial charge is 0.236 e. The van der Waals surface area contributed by atoms with E-state index in [1.165, 1.54) is 0 Å². The van der Waals surface area contributed by atoms with Gasteiger partial charge in [0.15, 0.2) is 0 Å². The molecule has 0 aromatic carbocycles. The summed E-state index contributed by atoms with van der Waals surface area (Å²) in [5, 5.41) is 15.3. The molecule has 0 radical (unpaired) electrons. The van der Waals surface area contributed by atoms with Gasteiger partial charge in [0, 0.05) is 13.6 Å². The Bertz CT molecular complexity index is 190. The van der Waals surface area contributed by atoms with Crippen molar-refractivity contribution in [1.29, 1.82) is 0 Å². The van der Waals surface area contributed by atoms with E-state index in [0.717, 1.165) is 19.3 Å². The minimum atomic E-state index is -0.553. The lowest BCUT2D eigenvalue weighted by Gasteiger charge is -2.37. The predicted octanol–water partition coefficient (Wildman–Crippen LogP) is -0.374. The van der Waals surface area contributed by atoms with E-state index in [4.69, 9.17) is 0 Å². The lowest BCUT2D eigenvalue weighted by atomic mass is 9.80. The highest BCUT2D eigenvalue weighted by molar-refractivity contribution is 5.80. The quantitative estimate of drug-likeness (QED) is 0.561. The highest BCUT2D eigenvalue weighted by Crippen LogP contribution is 2.30. The SMILES string of the molecule is CNC(=O)C(C)NCC1(O)CCC1. The lowest BCUT2D eigenvalue weighted by molar-refractivity contribution is -0.122. The van der Waals surface area contributed by atoms with Gasteiger partial charge < -0.3 is 15.7 Å². The summed E-state index contributed by atoms with van der Waals surface area (Å²) in [6.45, 7) is 2.31. The van der Waals surface area contributed by atoms with Gasteiger partial charge >= 0.3 is 0 Å². The Morgan fingerprint density at radius 3 is 2.62 bits per heavy atom. The van der Waals surface area contributed by atoms with Crippen molar-refractivity contribution < 1.29 is 9.90 Å². The van der Waals surface area contributed by atoms with E-state index in [9.17, 15) is 9.90 Å². The van der Waals surface area contributed by atoms with Gasteiger partial charge in [-0.05, 0) is 26.2 Å². The van der Waals surface area contributed by atoms with Crippen LogP contribution < -0.4 is 10.6 Å². The summed E-state index contributed by atoms with van der Waals surface area (Å²) in [4.78, 5) is 11.1. The highest BCUT2D eigenvalue weighted by Gasteiger charge is 2.34. The number of aliphatic hydroxyl groups is 1. The van der Waals surface area contributed by atoms with Gasteiger partial charge in [0.05, 0.1) is 11.6 Å². The van der Waals surface area contributed by atoms with E-state index in [2.05, 4.69) is 10.6 Å². The van der Waals surface area contributed by atoms with Crippen LogP contribution in [0.1, 0.15) is 26.2 Å². The molecule has 4 nitrogen and oxygen atoms in total. The van der Waals surface area contributed by atoms with E-state index in [1.54, 1.807) is 14.0 Å². The maximum Gasteiger partial charge on any atom is 0.236 e. The molecule has 1 rings (SSSR count). The Kier molecular flexibility index (Phi) is 3.27. The minimum Gasteiger partial charge on any atom is -0.389 e. The topological polar surface area (TPSA) is 61.4 Å². The van der Waals surface area contributed by atoms with E-state index in [0.29, 0.717) is 6.54 Å². The minimum absolute atomic E-state index is 0.0390. The molecule has 0 aromatic heterocycles. The van der Waals surface area contributed by atoms with Gasteiger partial charge in [0.25, 0.3) is 0 Å². The number of rotatable bonds is 4. The Labute approximate surface area is 78.7 Å². The summed E-state index contributed by atoms with van der Waals surface area (Å²) in [7, 11) is 1.61. The van der Waals surface area contributed by atoms with Gasteiger partial charge in [-0.25, -0.2) is 0 Å². The largest absolute Gasteiger partial charge is 0.389 e. The van der Waals surface area contributed by atoms with Crippen LogP contribution >= 0.6 is 0 Å². The van der Waals surface area contributed by atoms with Crippen molar-refractivity contribution in [3.8, 4) is 0 Å². The van der Waals surface area contributed by atoms with Crippen LogP contribution in [-0.2, 0) is 4.79 Å². The normalized spacial score (nSPS) is 21.8. The fourth-order valence-corrected chi connectivity index (χ4v) is 1.41. The molecule has 0 aromatic rings. The van der Waals surface area contributed by atoms with Gasteiger partial charge in [0.2, 0.25) is 5.91 Å². The van der Waals surface area contributed by atoms with E-state index >= 15 is 0 Å². The molecule has 1 fully saturated rings. The van der Waals surface area contributed by atoms with Crippen LogP contribution in [-0.4, -0.2) is 36.2 Å². The standard InChI is InChI=1S/C9H18N2O2/c1-7(8(12)10-2)11-6-9(13)4-3-5-9/h7,11,13H,3-6H2,1-2H3,(H,10,12). The molecule has 4 heteroatoms. The lowest BCUT2D eigenvalue weighted by Crippen LogP contribution is -2.51. The number of nitrogens with one attached hydrogen (secondary N) is 2. The van der Waals surface area contributed by atoms with Crippen molar-refractivity contribution in [3.63, 3.8) is 0 Å². The molecule has 1 aliphatic carbocycles. The highest BCUT2D eigenvalue weighted by atomic mass is 16.3. The predicted molar refractivity (Wildman–Crippen MR) is 50.3 cm³/mol.